The Morgan fingerprint density at radius 1 is 0.429 bits per heavy atom. The average molecular weight is 361 g/mol. The van der Waals surface area contributed by atoms with E-state index in [1.165, 1.54) is 0 Å². The van der Waals surface area contributed by atoms with Crippen LogP contribution in [0.1, 0.15) is 51.4 Å². The van der Waals surface area contributed by atoms with E-state index < -0.39 is 0 Å². The molecule has 0 aromatic rings. The molecule has 8 radical (unpaired) electrons. The molecule has 0 atom stereocenters. The monoisotopic (exact) mass is 362 g/mol. The smallest absolute Gasteiger partial charge is 0 e. The van der Waals surface area contributed by atoms with E-state index in [4.69, 9.17) is 0 Å². The summed E-state index contributed by atoms with van der Waals surface area (Å²) in [5.74, 6) is 0. The van der Waals surface area contributed by atoms with Crippen LogP contribution in [0.25, 0.3) is 0 Å². The molecule has 4 nitrogen and oxygen atoms in total. The molecule has 0 saturated heterocycles. The molecule has 5 heteroatoms. The van der Waals surface area contributed by atoms with Crippen LogP contribution in [0.15, 0.2) is 0 Å². The minimum Gasteiger partial charge on any atom is -0.854 e. The maximum atomic E-state index is 9.49. The van der Waals surface area contributed by atoms with Crippen LogP contribution in [-0.4, -0.2) is 44.0 Å². The zero-order chi connectivity index (χ0) is 16.5. The number of rotatable bonds is 8. The van der Waals surface area contributed by atoms with Gasteiger partial charge in [-0.2, -0.15) is 0 Å². The fourth-order valence-electron chi connectivity index (χ4n) is 0.408. The molecule has 0 aliphatic heterocycles. The van der Waals surface area contributed by atoms with Gasteiger partial charge in [-0.15, -0.1) is 26.4 Å². The Morgan fingerprint density at radius 3 is 0.571 bits per heavy atom. The third-order valence-electron chi connectivity index (χ3n) is 1.58. The molecular weight excluding hydrogens is 329 g/mol. The Morgan fingerprint density at radius 2 is 0.571 bits per heavy atom. The molecule has 0 aromatic heterocycles. The summed E-state index contributed by atoms with van der Waals surface area (Å²) in [7, 11) is 0. The van der Waals surface area contributed by atoms with Crippen LogP contribution >= 0.6 is 0 Å². The van der Waals surface area contributed by atoms with Crippen molar-refractivity contribution in [2.75, 3.05) is 26.4 Å². The molecule has 0 aromatic carbocycles. The maximum Gasteiger partial charge on any atom is 0 e. The first kappa shape index (κ1) is 33.1. The number of hydrogen-bond acceptors (Lipinski definition) is 4. The largest absolute Gasteiger partial charge is 0.854 e. The van der Waals surface area contributed by atoms with Crippen molar-refractivity contribution in [1.82, 2.24) is 0 Å². The van der Waals surface area contributed by atoms with Gasteiger partial charge in [-0.25, -0.2) is 0 Å². The SMILES string of the molecule is [CH2]CCC[O-].[CH2]CCC[O-].[CH2]CCC[O-].[CH2]CCC[O-].[Ge]. The van der Waals surface area contributed by atoms with Gasteiger partial charge >= 0.3 is 0 Å². The third kappa shape index (κ3) is 98.0. The van der Waals surface area contributed by atoms with Crippen molar-refractivity contribution in [2.24, 2.45) is 0 Å². The summed E-state index contributed by atoms with van der Waals surface area (Å²) < 4.78 is 0. The summed E-state index contributed by atoms with van der Waals surface area (Å²) in [5, 5.41) is 38.0. The van der Waals surface area contributed by atoms with Gasteiger partial charge in [0.2, 0.25) is 0 Å². The van der Waals surface area contributed by atoms with Gasteiger partial charge in [0.15, 0.2) is 0 Å². The van der Waals surface area contributed by atoms with Crippen molar-refractivity contribution in [3.05, 3.63) is 27.7 Å². The molecule has 0 rings (SSSR count). The normalized spacial score (nSPS) is 8.00. The van der Waals surface area contributed by atoms with Crippen LogP contribution in [0.3, 0.4) is 0 Å². The van der Waals surface area contributed by atoms with Gasteiger partial charge in [0.1, 0.15) is 0 Å². The number of unbranched alkanes of at least 4 members (excludes halogenated alkanes) is 4. The van der Waals surface area contributed by atoms with Gasteiger partial charge in [-0.3, -0.25) is 0 Å². The molecule has 0 heterocycles. The van der Waals surface area contributed by atoms with Crippen molar-refractivity contribution in [2.45, 2.75) is 51.4 Å². The topological polar surface area (TPSA) is 92.2 Å². The zero-order valence-electron chi connectivity index (χ0n) is 13.4. The first-order valence-corrected chi connectivity index (χ1v) is 7.15. The van der Waals surface area contributed by atoms with E-state index in [0.717, 1.165) is 51.4 Å². The molecule has 0 N–H and O–H groups in total. The van der Waals surface area contributed by atoms with Gasteiger partial charge in [0.25, 0.3) is 0 Å². The van der Waals surface area contributed by atoms with Gasteiger partial charge in [0, 0.05) is 17.6 Å². The molecule has 21 heavy (non-hydrogen) atoms. The third-order valence-corrected chi connectivity index (χ3v) is 1.58. The second-order valence-corrected chi connectivity index (χ2v) is 3.64. The Kier molecular flexibility index (Phi) is 78.7. The summed E-state index contributed by atoms with van der Waals surface area (Å²) in [6.07, 6.45) is 6.01. The molecule has 0 amide bonds. The summed E-state index contributed by atoms with van der Waals surface area (Å²) in [4.78, 5) is 0. The van der Waals surface area contributed by atoms with Crippen molar-refractivity contribution < 1.29 is 20.4 Å². The van der Waals surface area contributed by atoms with Crippen LogP contribution in [0.5, 0.6) is 0 Å². The van der Waals surface area contributed by atoms with Gasteiger partial charge < -0.3 is 20.4 Å². The average Bonchev–Trinajstić information content (AvgIpc) is 2.44. The van der Waals surface area contributed by atoms with Crippen molar-refractivity contribution in [3.63, 3.8) is 0 Å². The predicted octanol–water partition coefficient (Wildman–Crippen LogP) is -0.537. The molecule has 0 aliphatic carbocycles. The Hall–Kier alpha value is 0.383. The summed E-state index contributed by atoms with van der Waals surface area (Å²) in [6.45, 7) is 14.0. The van der Waals surface area contributed by atoms with E-state index >= 15 is 0 Å². The van der Waals surface area contributed by atoms with Crippen molar-refractivity contribution in [3.8, 4) is 0 Å². The standard InChI is InChI=1S/4C4H8O.Ge/c4*1-2-3-4-5;/h4*1-4H2;/q4*-1;. The second-order valence-electron chi connectivity index (χ2n) is 3.64. The van der Waals surface area contributed by atoms with Gasteiger partial charge in [-0.1, -0.05) is 79.1 Å². The predicted molar refractivity (Wildman–Crippen MR) is 83.6 cm³/mol. The molecule has 128 valence electrons. The summed E-state index contributed by atoms with van der Waals surface area (Å²) in [5.41, 5.74) is 0. The van der Waals surface area contributed by atoms with Crippen molar-refractivity contribution in [1.29, 1.82) is 0 Å². The minimum absolute atomic E-state index is 0. The second kappa shape index (κ2) is 49.9. The van der Waals surface area contributed by atoms with E-state index in [-0.39, 0.29) is 44.0 Å². The minimum atomic E-state index is 0. The van der Waals surface area contributed by atoms with E-state index in [0.29, 0.717) is 0 Å². The van der Waals surface area contributed by atoms with Crippen LogP contribution in [0.4, 0.5) is 0 Å². The van der Waals surface area contributed by atoms with Crippen LogP contribution in [-0.2, 0) is 0 Å². The Labute approximate surface area is 144 Å². The summed E-state index contributed by atoms with van der Waals surface area (Å²) in [6, 6.07) is 0. The maximum absolute atomic E-state index is 9.49. The van der Waals surface area contributed by atoms with Crippen LogP contribution < -0.4 is 20.4 Å². The molecule has 0 aliphatic rings. The number of hydrogen-bond donors (Lipinski definition) is 0. The van der Waals surface area contributed by atoms with E-state index in [1.807, 2.05) is 0 Å². The molecular formula is C16H32GeO4-4. The van der Waals surface area contributed by atoms with E-state index in [1.54, 1.807) is 0 Å². The van der Waals surface area contributed by atoms with Crippen LogP contribution in [0, 0.1) is 27.7 Å². The fourth-order valence-corrected chi connectivity index (χ4v) is 0.408. The molecule has 0 saturated carbocycles. The quantitative estimate of drug-likeness (QED) is 0.543. The van der Waals surface area contributed by atoms with Gasteiger partial charge in [-0.05, 0) is 0 Å². The molecule has 0 spiro atoms. The molecule has 0 fully saturated rings. The zero-order valence-corrected chi connectivity index (χ0v) is 15.5. The van der Waals surface area contributed by atoms with Gasteiger partial charge in [0.05, 0.1) is 0 Å². The Bertz CT molecular complexity index is 74.3. The first-order chi connectivity index (χ1) is 9.66. The van der Waals surface area contributed by atoms with Crippen LogP contribution in [0.2, 0.25) is 0 Å². The molecule has 0 bridgehead atoms. The summed E-state index contributed by atoms with van der Waals surface area (Å²) >= 11 is 0. The van der Waals surface area contributed by atoms with E-state index in [9.17, 15) is 20.4 Å². The van der Waals surface area contributed by atoms with E-state index in [2.05, 4.69) is 27.7 Å². The Balaban J connectivity index is -0.0000000533. The van der Waals surface area contributed by atoms with Crippen molar-refractivity contribution >= 4 is 17.6 Å². The fraction of sp³-hybridized carbons (Fsp3) is 0.750. The molecule has 0 unspecified atom stereocenters. The first-order valence-electron chi connectivity index (χ1n) is 7.15.